The number of carbonyl (C=O) groups is 3. The van der Waals surface area contributed by atoms with Crippen molar-refractivity contribution in [2.45, 2.75) is 25.3 Å². The van der Waals surface area contributed by atoms with Gasteiger partial charge in [0.1, 0.15) is 4.90 Å². The van der Waals surface area contributed by atoms with Gasteiger partial charge in [-0.1, -0.05) is 29.8 Å². The molecule has 0 radical (unpaired) electrons. The van der Waals surface area contributed by atoms with Crippen LogP contribution >= 0.6 is 23.4 Å². The van der Waals surface area contributed by atoms with Crippen LogP contribution in [0.15, 0.2) is 70.5 Å². The summed E-state index contributed by atoms with van der Waals surface area (Å²) in [5.74, 6) is -1.30. The summed E-state index contributed by atoms with van der Waals surface area (Å²) in [6.45, 7) is 2.81. The average Bonchev–Trinajstić information content (AvgIpc) is 3.18. The van der Waals surface area contributed by atoms with Gasteiger partial charge in [-0.05, 0) is 66.7 Å². The number of amides is 3. The molecule has 0 saturated carbocycles. The Kier molecular flexibility index (Phi) is 9.19. The maximum absolute atomic E-state index is 13.1. The van der Waals surface area contributed by atoms with Crippen molar-refractivity contribution in [2.24, 2.45) is 0 Å². The van der Waals surface area contributed by atoms with Gasteiger partial charge in [0.05, 0.1) is 28.0 Å². The quantitative estimate of drug-likeness (QED) is 0.129. The molecule has 15 heteroatoms. The molecule has 3 amide bonds. The van der Waals surface area contributed by atoms with E-state index in [0.717, 1.165) is 4.90 Å². The van der Waals surface area contributed by atoms with Gasteiger partial charge in [-0.3, -0.25) is 29.4 Å². The lowest BCUT2D eigenvalue weighted by Gasteiger charge is -2.15. The number of nitro groups is 1. The Bertz CT molecular complexity index is 1730. The third-order valence-electron chi connectivity index (χ3n) is 5.68. The monoisotopic (exact) mass is 631 g/mol. The van der Waals surface area contributed by atoms with Gasteiger partial charge in [-0.2, -0.15) is 8.42 Å². The molecule has 1 saturated heterocycles. The zero-order chi connectivity index (χ0) is 30.6. The first-order valence-corrected chi connectivity index (χ1v) is 14.8. The second-order valence-electron chi connectivity index (χ2n) is 8.66. The van der Waals surface area contributed by atoms with E-state index in [1.165, 1.54) is 67.6 Å². The number of hydrogen-bond acceptors (Lipinski definition) is 10. The molecule has 0 bridgehead atoms. The molecule has 3 aromatic rings. The summed E-state index contributed by atoms with van der Waals surface area (Å²) >= 11 is 7.04. The van der Waals surface area contributed by atoms with Crippen LogP contribution in [0, 0.1) is 10.1 Å². The molecule has 0 aromatic heterocycles. The van der Waals surface area contributed by atoms with Crippen molar-refractivity contribution in [2.75, 3.05) is 11.9 Å². The topological polar surface area (TPSA) is 162 Å². The number of benzene rings is 3. The first-order valence-electron chi connectivity index (χ1n) is 12.2. The van der Waals surface area contributed by atoms with Gasteiger partial charge in [-0.25, -0.2) is 0 Å². The Balaban J connectivity index is 1.60. The highest BCUT2D eigenvalue weighted by Crippen LogP contribution is 2.41. The fourth-order valence-electron chi connectivity index (χ4n) is 3.86. The van der Waals surface area contributed by atoms with Gasteiger partial charge in [0, 0.05) is 24.2 Å². The van der Waals surface area contributed by atoms with E-state index in [4.69, 9.17) is 20.5 Å². The highest BCUT2D eigenvalue weighted by Gasteiger charge is 2.36. The maximum Gasteiger partial charge on any atom is 0.339 e. The minimum Gasteiger partial charge on any atom is -0.490 e. The molecule has 1 fully saturated rings. The standard InChI is InChI=1S/C27H22ClN3O9S2/c1-3-39-23-13-17(12-21(28)25(23)40-42(37,38)20-10-8-19(9-11-20)29-16(2)32)14-24-26(33)30(27(34)41-24)15-18-6-4-5-7-22(18)31(35)36/h4-14H,3,15H2,1-2H3,(H,29,32)/b24-14-. The van der Waals surface area contributed by atoms with E-state index < -0.39 is 26.2 Å². The van der Waals surface area contributed by atoms with Crippen LogP contribution in [0.3, 0.4) is 0 Å². The van der Waals surface area contributed by atoms with Gasteiger partial charge in [0.15, 0.2) is 5.75 Å². The Hall–Kier alpha value is -4.40. The van der Waals surface area contributed by atoms with Crippen LogP contribution in [-0.2, 0) is 26.3 Å². The molecule has 1 aliphatic heterocycles. The average molecular weight is 632 g/mol. The van der Waals surface area contributed by atoms with E-state index in [9.17, 15) is 32.9 Å². The molecule has 1 aliphatic rings. The number of rotatable bonds is 10. The largest absolute Gasteiger partial charge is 0.490 e. The number of carbonyl (C=O) groups excluding carboxylic acids is 3. The smallest absolute Gasteiger partial charge is 0.339 e. The van der Waals surface area contributed by atoms with E-state index in [1.807, 2.05) is 0 Å². The van der Waals surface area contributed by atoms with E-state index in [-0.39, 0.29) is 56.6 Å². The minimum absolute atomic E-state index is 0.0256. The van der Waals surface area contributed by atoms with Crippen molar-refractivity contribution in [3.8, 4) is 11.5 Å². The third kappa shape index (κ3) is 6.90. The van der Waals surface area contributed by atoms with Gasteiger partial charge in [0.2, 0.25) is 11.7 Å². The van der Waals surface area contributed by atoms with Crippen LogP contribution in [0.5, 0.6) is 11.5 Å². The number of para-hydroxylation sites is 1. The second-order valence-corrected chi connectivity index (χ2v) is 11.6. The van der Waals surface area contributed by atoms with Gasteiger partial charge < -0.3 is 14.2 Å². The maximum atomic E-state index is 13.1. The summed E-state index contributed by atoms with van der Waals surface area (Å²) < 4.78 is 36.8. The van der Waals surface area contributed by atoms with Gasteiger partial charge in [-0.15, -0.1) is 0 Å². The van der Waals surface area contributed by atoms with Crippen molar-refractivity contribution in [3.63, 3.8) is 0 Å². The normalized spacial score (nSPS) is 14.3. The number of thioether (sulfide) groups is 1. The van der Waals surface area contributed by atoms with E-state index in [1.54, 1.807) is 13.0 Å². The fraction of sp³-hybridized carbons (Fsp3) is 0.148. The summed E-state index contributed by atoms with van der Waals surface area (Å²) in [6, 6.07) is 13.8. The van der Waals surface area contributed by atoms with Crippen molar-refractivity contribution in [1.82, 2.24) is 4.90 Å². The van der Waals surface area contributed by atoms with Crippen LogP contribution in [0.2, 0.25) is 5.02 Å². The Labute approximate surface area is 249 Å². The van der Waals surface area contributed by atoms with Crippen LogP contribution in [0.4, 0.5) is 16.2 Å². The molecule has 218 valence electrons. The molecule has 12 nitrogen and oxygen atoms in total. The van der Waals surface area contributed by atoms with Crippen LogP contribution < -0.4 is 14.2 Å². The molecule has 0 unspecified atom stereocenters. The lowest BCUT2D eigenvalue weighted by atomic mass is 10.1. The molecule has 0 atom stereocenters. The molecule has 0 aliphatic carbocycles. The van der Waals surface area contributed by atoms with E-state index in [2.05, 4.69) is 5.32 Å². The number of anilines is 1. The molecule has 1 heterocycles. The zero-order valence-electron chi connectivity index (χ0n) is 22.0. The number of nitro benzene ring substituents is 1. The molecular formula is C27H22ClN3O9S2. The van der Waals surface area contributed by atoms with E-state index >= 15 is 0 Å². The predicted molar refractivity (Wildman–Crippen MR) is 156 cm³/mol. The minimum atomic E-state index is -4.37. The lowest BCUT2D eigenvalue weighted by Crippen LogP contribution is -2.27. The summed E-state index contributed by atoms with van der Waals surface area (Å²) in [5, 5.41) is 13.1. The van der Waals surface area contributed by atoms with Crippen molar-refractivity contribution < 1.29 is 36.6 Å². The zero-order valence-corrected chi connectivity index (χ0v) is 24.4. The SMILES string of the molecule is CCOc1cc(/C=C2\SC(=O)N(Cc3ccccc3[N+](=O)[O-])C2=O)cc(Cl)c1OS(=O)(=O)c1ccc(NC(C)=O)cc1. The van der Waals surface area contributed by atoms with Gasteiger partial charge >= 0.3 is 10.1 Å². The molecule has 4 rings (SSSR count). The Morgan fingerprint density at radius 1 is 1.14 bits per heavy atom. The second kappa shape index (κ2) is 12.6. The predicted octanol–water partition coefficient (Wildman–Crippen LogP) is 5.61. The highest BCUT2D eigenvalue weighted by atomic mass is 35.5. The van der Waals surface area contributed by atoms with E-state index in [0.29, 0.717) is 23.0 Å². The molecule has 1 N–H and O–H groups in total. The lowest BCUT2D eigenvalue weighted by molar-refractivity contribution is -0.385. The van der Waals surface area contributed by atoms with Crippen LogP contribution in [0.1, 0.15) is 25.0 Å². The fourth-order valence-corrected chi connectivity index (χ4v) is 5.96. The Morgan fingerprint density at radius 2 is 1.83 bits per heavy atom. The highest BCUT2D eigenvalue weighted by molar-refractivity contribution is 8.18. The van der Waals surface area contributed by atoms with Crippen LogP contribution in [0.25, 0.3) is 6.08 Å². The first-order chi connectivity index (χ1) is 19.9. The van der Waals surface area contributed by atoms with Crippen molar-refractivity contribution in [3.05, 3.63) is 91.8 Å². The molecular weight excluding hydrogens is 610 g/mol. The number of nitrogens with one attached hydrogen (secondary N) is 1. The summed E-state index contributed by atoms with van der Waals surface area (Å²) in [5.41, 5.74) is 0.678. The number of ether oxygens (including phenoxy) is 1. The first kappa shape index (κ1) is 30.6. The summed E-state index contributed by atoms with van der Waals surface area (Å²) in [7, 11) is -4.37. The third-order valence-corrected chi connectivity index (χ3v) is 8.10. The molecule has 3 aromatic carbocycles. The molecule has 42 heavy (non-hydrogen) atoms. The summed E-state index contributed by atoms with van der Waals surface area (Å²) in [6.07, 6.45) is 1.37. The number of imide groups is 1. The van der Waals surface area contributed by atoms with Crippen molar-refractivity contribution in [1.29, 1.82) is 0 Å². The van der Waals surface area contributed by atoms with Gasteiger partial charge in [0.25, 0.3) is 16.8 Å². The Morgan fingerprint density at radius 3 is 2.48 bits per heavy atom. The molecule has 0 spiro atoms. The number of halogens is 1. The summed E-state index contributed by atoms with van der Waals surface area (Å²) in [4.78, 5) is 48.4. The van der Waals surface area contributed by atoms with Crippen molar-refractivity contribution >= 4 is 68.0 Å². The van der Waals surface area contributed by atoms with Crippen LogP contribution in [-0.4, -0.2) is 41.9 Å². The number of nitrogens with zero attached hydrogens (tertiary/aromatic N) is 2. The number of hydrogen-bond donors (Lipinski definition) is 1.